The molecule has 0 aliphatic rings. The van der Waals surface area contributed by atoms with Crippen molar-refractivity contribution in [3.05, 3.63) is 60.2 Å². The number of carbonyl (C=O) groups excluding carboxylic acids is 3. The molecular formula is C21H24N2O5. The van der Waals surface area contributed by atoms with Gasteiger partial charge in [-0.2, -0.15) is 0 Å². The Morgan fingerprint density at radius 3 is 2.29 bits per heavy atom. The maximum absolute atomic E-state index is 12.5. The molecular weight excluding hydrogens is 360 g/mol. The van der Waals surface area contributed by atoms with E-state index in [4.69, 9.17) is 15.2 Å². The van der Waals surface area contributed by atoms with E-state index in [1.54, 1.807) is 48.5 Å². The van der Waals surface area contributed by atoms with E-state index < -0.39 is 24.4 Å². The molecule has 7 nitrogen and oxygen atoms in total. The lowest BCUT2D eigenvalue weighted by Crippen LogP contribution is -2.37. The maximum atomic E-state index is 12.5. The van der Waals surface area contributed by atoms with Gasteiger partial charge in [-0.05, 0) is 42.8 Å². The summed E-state index contributed by atoms with van der Waals surface area (Å²) >= 11 is 0. The van der Waals surface area contributed by atoms with Crippen LogP contribution < -0.4 is 15.4 Å². The van der Waals surface area contributed by atoms with Crippen molar-refractivity contribution in [2.45, 2.75) is 19.8 Å². The Kier molecular flexibility index (Phi) is 8.02. The Morgan fingerprint density at radius 2 is 1.68 bits per heavy atom. The lowest BCUT2D eigenvalue weighted by molar-refractivity contribution is -0.121. The quantitative estimate of drug-likeness (QED) is 0.635. The van der Waals surface area contributed by atoms with Crippen molar-refractivity contribution in [3.63, 3.8) is 0 Å². The number of amides is 2. The van der Waals surface area contributed by atoms with E-state index >= 15 is 0 Å². The number of anilines is 1. The Morgan fingerprint density at radius 1 is 1.00 bits per heavy atom. The Hall–Kier alpha value is -3.35. The van der Waals surface area contributed by atoms with E-state index in [1.165, 1.54) is 4.90 Å². The molecule has 0 saturated carbocycles. The summed E-state index contributed by atoms with van der Waals surface area (Å²) in [5.41, 5.74) is 6.11. The molecule has 0 unspecified atom stereocenters. The van der Waals surface area contributed by atoms with E-state index in [9.17, 15) is 14.4 Å². The summed E-state index contributed by atoms with van der Waals surface area (Å²) in [7, 11) is 0. The first kappa shape index (κ1) is 21.0. The molecule has 2 amide bonds. The average Bonchev–Trinajstić information content (AvgIpc) is 2.71. The van der Waals surface area contributed by atoms with Crippen LogP contribution in [0.1, 0.15) is 30.1 Å². The predicted octanol–water partition coefficient (Wildman–Crippen LogP) is 2.54. The van der Waals surface area contributed by atoms with E-state index in [-0.39, 0.29) is 13.0 Å². The molecule has 2 rings (SSSR count). The van der Waals surface area contributed by atoms with Gasteiger partial charge in [-0.1, -0.05) is 25.1 Å². The summed E-state index contributed by atoms with van der Waals surface area (Å²) < 4.78 is 10.6. The minimum Gasteiger partial charge on any atom is -0.494 e. The van der Waals surface area contributed by atoms with Crippen LogP contribution in [-0.4, -0.2) is 37.5 Å². The van der Waals surface area contributed by atoms with Crippen LogP contribution in [0.2, 0.25) is 0 Å². The molecule has 0 bridgehead atoms. The molecule has 148 valence electrons. The molecule has 0 aliphatic carbocycles. The minimum absolute atomic E-state index is 0.00774. The van der Waals surface area contributed by atoms with Crippen LogP contribution in [0, 0.1) is 0 Å². The first-order valence-electron chi connectivity index (χ1n) is 9.05. The largest absolute Gasteiger partial charge is 0.494 e. The third-order valence-corrected chi connectivity index (χ3v) is 3.84. The second-order valence-corrected chi connectivity index (χ2v) is 6.05. The fraction of sp³-hybridized carbons (Fsp3) is 0.286. The van der Waals surface area contributed by atoms with E-state index in [0.29, 0.717) is 23.6 Å². The van der Waals surface area contributed by atoms with Gasteiger partial charge in [-0.15, -0.1) is 0 Å². The van der Waals surface area contributed by atoms with Crippen molar-refractivity contribution in [1.29, 1.82) is 0 Å². The van der Waals surface area contributed by atoms with E-state index in [1.807, 2.05) is 13.0 Å². The summed E-state index contributed by atoms with van der Waals surface area (Å²) in [6.45, 7) is 2.27. The topological polar surface area (TPSA) is 98.9 Å². The standard InChI is InChI=1S/C21H24N2O5/c1-2-14-27-18-10-8-16(9-11-18)21(26)28-15-20(25)23(13-12-19(22)24)17-6-4-3-5-7-17/h3-11H,2,12-15H2,1H3,(H2,22,24). The molecule has 2 N–H and O–H groups in total. The van der Waals surface area contributed by atoms with Crippen LogP contribution in [0.4, 0.5) is 5.69 Å². The van der Waals surface area contributed by atoms with Gasteiger partial charge in [0.1, 0.15) is 5.75 Å². The third kappa shape index (κ3) is 6.42. The monoisotopic (exact) mass is 384 g/mol. The van der Waals surface area contributed by atoms with Gasteiger partial charge in [0.2, 0.25) is 5.91 Å². The molecule has 2 aromatic carbocycles. The average molecular weight is 384 g/mol. The lowest BCUT2D eigenvalue weighted by Gasteiger charge is -2.22. The van der Waals surface area contributed by atoms with Gasteiger partial charge < -0.3 is 20.1 Å². The van der Waals surface area contributed by atoms with Gasteiger partial charge in [0, 0.05) is 18.7 Å². The highest BCUT2D eigenvalue weighted by molar-refractivity contribution is 5.97. The number of esters is 1. The highest BCUT2D eigenvalue weighted by atomic mass is 16.5. The van der Waals surface area contributed by atoms with Crippen LogP contribution in [-0.2, 0) is 14.3 Å². The number of ether oxygens (including phenoxy) is 2. The van der Waals surface area contributed by atoms with Crippen LogP contribution in [0.25, 0.3) is 0 Å². The molecule has 0 radical (unpaired) electrons. The number of nitrogens with two attached hydrogens (primary N) is 1. The zero-order valence-corrected chi connectivity index (χ0v) is 15.8. The van der Waals surface area contributed by atoms with Crippen molar-refractivity contribution in [1.82, 2.24) is 0 Å². The summed E-state index contributed by atoms with van der Waals surface area (Å²) in [4.78, 5) is 37.2. The predicted molar refractivity (Wildman–Crippen MR) is 105 cm³/mol. The Labute approximate surface area is 164 Å². The molecule has 0 atom stereocenters. The van der Waals surface area contributed by atoms with Crippen molar-refractivity contribution >= 4 is 23.5 Å². The van der Waals surface area contributed by atoms with Gasteiger partial charge in [-0.25, -0.2) is 4.79 Å². The highest BCUT2D eigenvalue weighted by Gasteiger charge is 2.19. The summed E-state index contributed by atoms with van der Waals surface area (Å²) in [6, 6.07) is 15.3. The zero-order valence-electron chi connectivity index (χ0n) is 15.8. The smallest absolute Gasteiger partial charge is 0.338 e. The van der Waals surface area contributed by atoms with Gasteiger partial charge >= 0.3 is 5.97 Å². The summed E-state index contributed by atoms with van der Waals surface area (Å²) in [6.07, 6.45) is 0.896. The molecule has 7 heteroatoms. The van der Waals surface area contributed by atoms with E-state index in [2.05, 4.69) is 0 Å². The van der Waals surface area contributed by atoms with Crippen molar-refractivity contribution in [2.24, 2.45) is 5.73 Å². The first-order chi connectivity index (χ1) is 13.5. The number of nitrogens with zero attached hydrogens (tertiary/aromatic N) is 1. The van der Waals surface area contributed by atoms with Crippen molar-refractivity contribution in [2.75, 3.05) is 24.7 Å². The molecule has 0 heterocycles. The fourth-order valence-electron chi connectivity index (χ4n) is 2.42. The van der Waals surface area contributed by atoms with Crippen molar-refractivity contribution < 1.29 is 23.9 Å². The van der Waals surface area contributed by atoms with Gasteiger partial charge in [0.15, 0.2) is 6.61 Å². The second kappa shape index (κ2) is 10.7. The lowest BCUT2D eigenvalue weighted by atomic mass is 10.2. The van der Waals surface area contributed by atoms with Crippen LogP contribution >= 0.6 is 0 Å². The number of benzene rings is 2. The fourth-order valence-corrected chi connectivity index (χ4v) is 2.42. The number of para-hydroxylation sites is 1. The van der Waals surface area contributed by atoms with Gasteiger partial charge in [0.25, 0.3) is 5.91 Å². The van der Waals surface area contributed by atoms with Crippen LogP contribution in [0.3, 0.4) is 0 Å². The highest BCUT2D eigenvalue weighted by Crippen LogP contribution is 2.15. The zero-order chi connectivity index (χ0) is 20.4. The minimum atomic E-state index is -0.613. The number of rotatable bonds is 10. The number of hydrogen-bond donors (Lipinski definition) is 1. The summed E-state index contributed by atoms with van der Waals surface area (Å²) in [5.74, 6) is -0.908. The number of primary amides is 1. The van der Waals surface area contributed by atoms with Gasteiger partial charge in [-0.3, -0.25) is 9.59 Å². The Balaban J connectivity index is 1.97. The maximum Gasteiger partial charge on any atom is 0.338 e. The molecule has 28 heavy (non-hydrogen) atoms. The van der Waals surface area contributed by atoms with Crippen molar-refractivity contribution in [3.8, 4) is 5.75 Å². The van der Waals surface area contributed by atoms with Crippen LogP contribution in [0.5, 0.6) is 5.75 Å². The molecule has 0 fully saturated rings. The molecule has 0 saturated heterocycles. The van der Waals surface area contributed by atoms with Crippen LogP contribution in [0.15, 0.2) is 54.6 Å². The molecule has 2 aromatic rings. The number of hydrogen-bond acceptors (Lipinski definition) is 5. The molecule has 0 aromatic heterocycles. The first-order valence-corrected chi connectivity index (χ1v) is 9.05. The third-order valence-electron chi connectivity index (χ3n) is 3.84. The normalized spacial score (nSPS) is 10.2. The molecule has 0 aliphatic heterocycles. The molecule has 0 spiro atoms. The summed E-state index contributed by atoms with van der Waals surface area (Å²) in [5, 5.41) is 0. The second-order valence-electron chi connectivity index (χ2n) is 6.05. The number of carbonyl (C=O) groups is 3. The Bertz CT molecular complexity index is 790. The van der Waals surface area contributed by atoms with E-state index in [0.717, 1.165) is 6.42 Å². The SMILES string of the molecule is CCCOc1ccc(C(=O)OCC(=O)N(CCC(N)=O)c2ccccc2)cc1. The van der Waals surface area contributed by atoms with Gasteiger partial charge in [0.05, 0.1) is 12.2 Å².